The zero-order chi connectivity index (χ0) is 21.7. The summed E-state index contributed by atoms with van der Waals surface area (Å²) in [6.07, 6.45) is 5.09. The Morgan fingerprint density at radius 2 is 1.73 bits per heavy atom. The van der Waals surface area contributed by atoms with Crippen LogP contribution in [-0.4, -0.2) is 39.9 Å². The van der Waals surface area contributed by atoms with Gasteiger partial charge in [-0.2, -0.15) is 4.72 Å². The zero-order valence-corrected chi connectivity index (χ0v) is 17.6. The minimum Gasteiger partial charge on any atom is -0.497 e. The van der Waals surface area contributed by atoms with Crippen LogP contribution in [0.5, 0.6) is 5.75 Å². The largest absolute Gasteiger partial charge is 0.497 e. The van der Waals surface area contributed by atoms with Crippen molar-refractivity contribution in [2.75, 3.05) is 20.7 Å². The van der Waals surface area contributed by atoms with Gasteiger partial charge in [-0.3, -0.25) is 4.79 Å². The maximum Gasteiger partial charge on any atom is 0.253 e. The van der Waals surface area contributed by atoms with Gasteiger partial charge < -0.3 is 9.64 Å². The van der Waals surface area contributed by atoms with E-state index in [2.05, 4.69) is 10.6 Å². The molecule has 0 fully saturated rings. The number of sulfonamides is 1. The van der Waals surface area contributed by atoms with Gasteiger partial charge in [0.2, 0.25) is 10.0 Å². The number of nitrogens with one attached hydrogen (secondary N) is 1. The molecule has 0 atom stereocenters. The van der Waals surface area contributed by atoms with Crippen LogP contribution < -0.4 is 9.46 Å². The minimum absolute atomic E-state index is 0.0573. The third kappa shape index (κ3) is 4.79. The normalized spacial score (nSPS) is 11.1. The Hall–Kier alpha value is -3.34. The number of ether oxygens (including phenoxy) is 1. The van der Waals surface area contributed by atoms with Crippen LogP contribution in [0.25, 0.3) is 10.8 Å². The Kier molecular flexibility index (Phi) is 6.40. The Labute approximate surface area is 176 Å². The average molecular weight is 423 g/mol. The number of benzene rings is 3. The van der Waals surface area contributed by atoms with E-state index in [0.29, 0.717) is 12.1 Å². The SMILES string of the molecule is C#CCNS(=O)(=O)c1ccc(C(=O)N(C)Cc2ccc3cc(OC)ccc3c2)cc1. The Bertz CT molecular complexity index is 1210. The van der Waals surface area contributed by atoms with Crippen molar-refractivity contribution in [3.8, 4) is 18.1 Å². The summed E-state index contributed by atoms with van der Waals surface area (Å²) in [5.41, 5.74) is 1.39. The lowest BCUT2D eigenvalue weighted by Crippen LogP contribution is -2.26. The van der Waals surface area contributed by atoms with Crippen LogP contribution >= 0.6 is 0 Å². The maximum atomic E-state index is 12.7. The second kappa shape index (κ2) is 8.99. The van der Waals surface area contributed by atoms with E-state index in [0.717, 1.165) is 22.1 Å². The van der Waals surface area contributed by atoms with Gasteiger partial charge in [-0.1, -0.05) is 24.1 Å². The molecule has 0 aliphatic heterocycles. The highest BCUT2D eigenvalue weighted by molar-refractivity contribution is 7.89. The number of methoxy groups -OCH3 is 1. The van der Waals surface area contributed by atoms with E-state index in [1.165, 1.54) is 24.3 Å². The van der Waals surface area contributed by atoms with E-state index in [4.69, 9.17) is 11.2 Å². The van der Waals surface area contributed by atoms with E-state index in [9.17, 15) is 13.2 Å². The first kappa shape index (κ1) is 21.4. The van der Waals surface area contributed by atoms with Crippen LogP contribution in [0, 0.1) is 12.3 Å². The second-order valence-corrected chi connectivity index (χ2v) is 8.53. The predicted molar refractivity (Wildman–Crippen MR) is 117 cm³/mol. The highest BCUT2D eigenvalue weighted by Crippen LogP contribution is 2.22. The second-order valence-electron chi connectivity index (χ2n) is 6.76. The highest BCUT2D eigenvalue weighted by atomic mass is 32.2. The molecule has 0 bridgehead atoms. The Morgan fingerprint density at radius 3 is 2.40 bits per heavy atom. The van der Waals surface area contributed by atoms with E-state index in [1.54, 1.807) is 19.1 Å². The molecule has 0 heterocycles. The fraction of sp³-hybridized carbons (Fsp3) is 0.174. The first-order chi connectivity index (χ1) is 14.3. The molecular weight excluding hydrogens is 400 g/mol. The Morgan fingerprint density at radius 1 is 1.07 bits per heavy atom. The van der Waals surface area contributed by atoms with Gasteiger partial charge in [0, 0.05) is 19.2 Å². The van der Waals surface area contributed by atoms with Gasteiger partial charge in [0.05, 0.1) is 18.6 Å². The lowest BCUT2D eigenvalue weighted by atomic mass is 10.1. The molecule has 0 aromatic heterocycles. The summed E-state index contributed by atoms with van der Waals surface area (Å²) in [5.74, 6) is 2.81. The predicted octanol–water partition coefficient (Wildman–Crippen LogP) is 3.03. The lowest BCUT2D eigenvalue weighted by Gasteiger charge is -2.18. The molecule has 0 aliphatic carbocycles. The van der Waals surface area contributed by atoms with E-state index < -0.39 is 10.0 Å². The van der Waals surface area contributed by atoms with Crippen molar-refractivity contribution in [3.63, 3.8) is 0 Å². The van der Waals surface area contributed by atoms with Crippen LogP contribution in [-0.2, 0) is 16.6 Å². The molecule has 1 N–H and O–H groups in total. The van der Waals surface area contributed by atoms with Gasteiger partial charge in [0.1, 0.15) is 5.75 Å². The molecule has 0 unspecified atom stereocenters. The molecule has 3 aromatic carbocycles. The van der Waals surface area contributed by atoms with Gasteiger partial charge in [-0.05, 0) is 58.8 Å². The highest BCUT2D eigenvalue weighted by Gasteiger charge is 2.16. The van der Waals surface area contributed by atoms with Crippen molar-refractivity contribution >= 4 is 26.7 Å². The first-order valence-electron chi connectivity index (χ1n) is 9.19. The molecule has 30 heavy (non-hydrogen) atoms. The molecule has 0 saturated carbocycles. The quantitative estimate of drug-likeness (QED) is 0.594. The summed E-state index contributed by atoms with van der Waals surface area (Å²) >= 11 is 0. The third-order valence-electron chi connectivity index (χ3n) is 4.65. The van der Waals surface area contributed by atoms with Crippen LogP contribution in [0.15, 0.2) is 65.6 Å². The number of nitrogens with zero attached hydrogens (tertiary/aromatic N) is 1. The molecule has 1 amide bonds. The first-order valence-corrected chi connectivity index (χ1v) is 10.7. The van der Waals surface area contributed by atoms with Crippen molar-refractivity contribution in [1.82, 2.24) is 9.62 Å². The van der Waals surface area contributed by atoms with Crippen molar-refractivity contribution in [2.24, 2.45) is 0 Å². The number of rotatable bonds is 7. The van der Waals surface area contributed by atoms with Gasteiger partial charge in [0.15, 0.2) is 0 Å². The summed E-state index contributed by atoms with van der Waals surface area (Å²) in [6, 6.07) is 17.6. The molecule has 0 saturated heterocycles. The molecule has 0 radical (unpaired) electrons. The number of hydrogen-bond donors (Lipinski definition) is 1. The van der Waals surface area contributed by atoms with Crippen LogP contribution in [0.1, 0.15) is 15.9 Å². The van der Waals surface area contributed by atoms with E-state index in [-0.39, 0.29) is 17.3 Å². The number of hydrogen-bond acceptors (Lipinski definition) is 4. The number of carbonyl (C=O) groups excluding carboxylic acids is 1. The molecular formula is C23H22N2O4S. The fourth-order valence-corrected chi connectivity index (χ4v) is 4.00. The molecule has 7 heteroatoms. The molecule has 154 valence electrons. The molecule has 0 spiro atoms. The van der Waals surface area contributed by atoms with Gasteiger partial charge >= 0.3 is 0 Å². The van der Waals surface area contributed by atoms with Crippen molar-refractivity contribution in [3.05, 3.63) is 71.8 Å². The van der Waals surface area contributed by atoms with Crippen molar-refractivity contribution in [2.45, 2.75) is 11.4 Å². The lowest BCUT2D eigenvalue weighted by molar-refractivity contribution is 0.0785. The molecule has 6 nitrogen and oxygen atoms in total. The molecule has 0 aliphatic rings. The Balaban J connectivity index is 1.72. The van der Waals surface area contributed by atoms with E-state index >= 15 is 0 Å². The van der Waals surface area contributed by atoms with Crippen molar-refractivity contribution < 1.29 is 17.9 Å². The topological polar surface area (TPSA) is 75.7 Å². The zero-order valence-electron chi connectivity index (χ0n) is 16.8. The van der Waals surface area contributed by atoms with Gasteiger partial charge in [0.25, 0.3) is 5.91 Å². The van der Waals surface area contributed by atoms with Crippen LogP contribution in [0.3, 0.4) is 0 Å². The maximum absolute atomic E-state index is 12.7. The summed E-state index contributed by atoms with van der Waals surface area (Å²) in [7, 11) is -0.347. The third-order valence-corrected chi connectivity index (χ3v) is 6.07. The van der Waals surface area contributed by atoms with Crippen LogP contribution in [0.2, 0.25) is 0 Å². The van der Waals surface area contributed by atoms with Gasteiger partial charge in [-0.15, -0.1) is 6.42 Å². The van der Waals surface area contributed by atoms with Gasteiger partial charge in [-0.25, -0.2) is 8.42 Å². The van der Waals surface area contributed by atoms with E-state index in [1.807, 2.05) is 36.4 Å². The molecule has 3 aromatic rings. The van der Waals surface area contributed by atoms with Crippen molar-refractivity contribution in [1.29, 1.82) is 0 Å². The standard InChI is InChI=1S/C23H22N2O4S/c1-4-13-24-30(27,28)22-11-8-18(9-12-22)23(26)25(2)16-17-5-6-20-15-21(29-3)10-7-19(20)14-17/h1,5-12,14-15,24H,13,16H2,2-3H3. The number of amides is 1. The number of fused-ring (bicyclic) bond motifs is 1. The summed E-state index contributed by atoms with van der Waals surface area (Å²) < 4.78 is 31.7. The average Bonchev–Trinajstić information content (AvgIpc) is 2.76. The fourth-order valence-electron chi connectivity index (χ4n) is 3.06. The summed E-state index contributed by atoms with van der Waals surface area (Å²) in [6.45, 7) is 0.328. The smallest absolute Gasteiger partial charge is 0.253 e. The summed E-state index contributed by atoms with van der Waals surface area (Å²) in [5, 5.41) is 2.12. The number of terminal acetylenes is 1. The van der Waals surface area contributed by atoms with Crippen LogP contribution in [0.4, 0.5) is 0 Å². The summed E-state index contributed by atoms with van der Waals surface area (Å²) in [4.78, 5) is 14.4. The molecule has 3 rings (SSSR count). The monoisotopic (exact) mass is 422 g/mol. The number of carbonyl (C=O) groups is 1. The minimum atomic E-state index is -3.69.